The van der Waals surface area contributed by atoms with Crippen LogP contribution < -0.4 is 0 Å². The second-order valence-corrected chi connectivity index (χ2v) is 8.88. The van der Waals surface area contributed by atoms with Crippen molar-refractivity contribution in [2.75, 3.05) is 26.2 Å². The molecule has 0 bridgehead atoms. The molecule has 6 heteroatoms. The molecular formula is C25H24FN3OS. The lowest BCUT2D eigenvalue weighted by Gasteiger charge is -2.34. The van der Waals surface area contributed by atoms with Crippen LogP contribution in [-0.2, 0) is 17.8 Å². The maximum absolute atomic E-state index is 14.0. The van der Waals surface area contributed by atoms with Crippen molar-refractivity contribution in [1.82, 2.24) is 9.80 Å². The molecule has 1 aliphatic heterocycles. The predicted octanol–water partition coefficient (Wildman–Crippen LogP) is 4.70. The van der Waals surface area contributed by atoms with Gasteiger partial charge in [-0.2, -0.15) is 5.26 Å². The van der Waals surface area contributed by atoms with Crippen LogP contribution in [-0.4, -0.2) is 41.9 Å². The summed E-state index contributed by atoms with van der Waals surface area (Å²) in [6.07, 6.45) is 1.18. The highest BCUT2D eigenvalue weighted by molar-refractivity contribution is 7.15. The van der Waals surface area contributed by atoms with E-state index in [-0.39, 0.29) is 11.7 Å². The molecular weight excluding hydrogens is 409 g/mol. The quantitative estimate of drug-likeness (QED) is 0.566. The van der Waals surface area contributed by atoms with Crippen molar-refractivity contribution < 1.29 is 9.18 Å². The molecule has 31 heavy (non-hydrogen) atoms. The van der Waals surface area contributed by atoms with E-state index in [1.165, 1.54) is 10.9 Å². The summed E-state index contributed by atoms with van der Waals surface area (Å²) in [4.78, 5) is 19.0. The first-order valence-corrected chi connectivity index (χ1v) is 11.3. The number of halogens is 1. The minimum Gasteiger partial charge on any atom is -0.340 e. The molecule has 0 unspecified atom stereocenters. The molecule has 2 heterocycles. The summed E-state index contributed by atoms with van der Waals surface area (Å²) in [7, 11) is 0. The van der Waals surface area contributed by atoms with Crippen molar-refractivity contribution in [3.63, 3.8) is 0 Å². The van der Waals surface area contributed by atoms with Gasteiger partial charge in [0.1, 0.15) is 5.82 Å². The lowest BCUT2D eigenvalue weighted by Crippen LogP contribution is -2.48. The highest BCUT2D eigenvalue weighted by Gasteiger charge is 2.21. The molecule has 1 fully saturated rings. The van der Waals surface area contributed by atoms with Crippen molar-refractivity contribution in [3.05, 3.63) is 82.5 Å². The van der Waals surface area contributed by atoms with Crippen LogP contribution in [0, 0.1) is 17.1 Å². The van der Waals surface area contributed by atoms with Gasteiger partial charge >= 0.3 is 0 Å². The number of nitriles is 1. The largest absolute Gasteiger partial charge is 0.340 e. The molecule has 1 aromatic heterocycles. The van der Waals surface area contributed by atoms with Gasteiger partial charge < -0.3 is 4.90 Å². The Bertz CT molecular complexity index is 1080. The average molecular weight is 434 g/mol. The Kier molecular flexibility index (Phi) is 6.76. The zero-order chi connectivity index (χ0) is 21.6. The molecule has 4 rings (SSSR count). The van der Waals surface area contributed by atoms with Gasteiger partial charge in [-0.25, -0.2) is 4.39 Å². The van der Waals surface area contributed by atoms with Crippen molar-refractivity contribution in [2.24, 2.45) is 0 Å². The number of benzene rings is 2. The van der Waals surface area contributed by atoms with Crippen LogP contribution >= 0.6 is 11.3 Å². The molecule has 2 aromatic carbocycles. The predicted molar refractivity (Wildman–Crippen MR) is 121 cm³/mol. The SMILES string of the molecule is N#Cc1ccc(CCC(=O)N2CCN(Cc3ccc(-c4ccccc4F)s3)CC2)cc1. The topological polar surface area (TPSA) is 47.3 Å². The third kappa shape index (κ3) is 5.38. The maximum Gasteiger partial charge on any atom is 0.222 e. The molecule has 158 valence electrons. The molecule has 1 aliphatic rings. The van der Waals surface area contributed by atoms with Crippen molar-refractivity contribution >= 4 is 17.2 Å². The van der Waals surface area contributed by atoms with Crippen LogP contribution in [0.4, 0.5) is 4.39 Å². The molecule has 3 aromatic rings. The first kappa shape index (κ1) is 21.2. The van der Waals surface area contributed by atoms with E-state index in [9.17, 15) is 9.18 Å². The highest BCUT2D eigenvalue weighted by atomic mass is 32.1. The molecule has 0 N–H and O–H groups in total. The number of thiophene rings is 1. The molecule has 0 radical (unpaired) electrons. The maximum atomic E-state index is 14.0. The van der Waals surface area contributed by atoms with Gasteiger partial charge in [-0.15, -0.1) is 11.3 Å². The fourth-order valence-electron chi connectivity index (χ4n) is 3.80. The van der Waals surface area contributed by atoms with E-state index in [0.29, 0.717) is 24.0 Å². The Hall–Kier alpha value is -3.01. The Labute approximate surface area is 186 Å². The van der Waals surface area contributed by atoms with Gasteiger partial charge in [-0.05, 0) is 42.3 Å². The second-order valence-electron chi connectivity index (χ2n) is 7.71. The Balaban J connectivity index is 1.24. The van der Waals surface area contributed by atoms with E-state index in [4.69, 9.17) is 5.26 Å². The molecule has 1 saturated heterocycles. The number of carbonyl (C=O) groups excluding carboxylic acids is 1. The van der Waals surface area contributed by atoms with Crippen LogP contribution in [0.2, 0.25) is 0 Å². The molecule has 0 atom stereocenters. The fourth-order valence-corrected chi connectivity index (χ4v) is 4.88. The number of piperazine rings is 1. The van der Waals surface area contributed by atoms with E-state index in [1.54, 1.807) is 29.5 Å². The van der Waals surface area contributed by atoms with E-state index < -0.39 is 0 Å². The minimum absolute atomic E-state index is 0.182. The number of hydrogen-bond donors (Lipinski definition) is 0. The third-order valence-corrected chi connectivity index (χ3v) is 6.72. The van der Waals surface area contributed by atoms with E-state index in [0.717, 1.165) is 43.2 Å². The van der Waals surface area contributed by atoms with Crippen molar-refractivity contribution in [1.29, 1.82) is 5.26 Å². The Morgan fingerprint density at radius 2 is 1.74 bits per heavy atom. The third-order valence-electron chi connectivity index (χ3n) is 5.62. The summed E-state index contributed by atoms with van der Waals surface area (Å²) >= 11 is 1.63. The lowest BCUT2D eigenvalue weighted by atomic mass is 10.1. The number of hydrogen-bond acceptors (Lipinski definition) is 4. The van der Waals surface area contributed by atoms with Gasteiger partial charge in [0.15, 0.2) is 0 Å². The molecule has 0 saturated carbocycles. The number of carbonyl (C=O) groups is 1. The van der Waals surface area contributed by atoms with Gasteiger partial charge in [-0.1, -0.05) is 30.3 Å². The fraction of sp³-hybridized carbons (Fsp3) is 0.280. The van der Waals surface area contributed by atoms with Crippen LogP contribution in [0.15, 0.2) is 60.7 Å². The molecule has 0 aliphatic carbocycles. The minimum atomic E-state index is -0.191. The summed E-state index contributed by atoms with van der Waals surface area (Å²) < 4.78 is 14.0. The summed E-state index contributed by atoms with van der Waals surface area (Å²) in [5.74, 6) is -0.00833. The van der Waals surface area contributed by atoms with Gasteiger partial charge in [0.2, 0.25) is 5.91 Å². The summed E-state index contributed by atoms with van der Waals surface area (Å²) in [5.41, 5.74) is 2.36. The summed E-state index contributed by atoms with van der Waals surface area (Å²) in [6, 6.07) is 20.5. The van der Waals surface area contributed by atoms with Gasteiger partial charge in [0.25, 0.3) is 0 Å². The monoisotopic (exact) mass is 433 g/mol. The first-order valence-electron chi connectivity index (χ1n) is 10.4. The van der Waals surface area contributed by atoms with Crippen LogP contribution in [0.3, 0.4) is 0 Å². The molecule has 0 spiro atoms. The second kappa shape index (κ2) is 9.86. The number of amides is 1. The van der Waals surface area contributed by atoms with Crippen molar-refractivity contribution in [3.8, 4) is 16.5 Å². The normalized spacial score (nSPS) is 14.4. The van der Waals surface area contributed by atoms with Gasteiger partial charge in [-0.3, -0.25) is 9.69 Å². The average Bonchev–Trinajstić information content (AvgIpc) is 3.26. The smallest absolute Gasteiger partial charge is 0.222 e. The standard InChI is InChI=1S/C25H24FN3OS/c26-23-4-2-1-3-22(23)24-11-10-21(31-24)18-28-13-15-29(16-14-28)25(30)12-9-19-5-7-20(17-27)8-6-19/h1-8,10-11H,9,12-16,18H2. The molecule has 4 nitrogen and oxygen atoms in total. The molecule has 1 amide bonds. The number of aryl methyl sites for hydroxylation is 1. The van der Waals surface area contributed by atoms with Gasteiger partial charge in [0.05, 0.1) is 11.6 Å². The van der Waals surface area contributed by atoms with Gasteiger partial charge in [0, 0.05) is 54.5 Å². The van der Waals surface area contributed by atoms with E-state index in [2.05, 4.69) is 17.0 Å². The zero-order valence-corrected chi connectivity index (χ0v) is 18.1. The van der Waals surface area contributed by atoms with Crippen LogP contribution in [0.1, 0.15) is 22.4 Å². The summed E-state index contributed by atoms with van der Waals surface area (Å²) in [5, 5.41) is 8.87. The lowest BCUT2D eigenvalue weighted by molar-refractivity contribution is -0.132. The van der Waals surface area contributed by atoms with Crippen LogP contribution in [0.25, 0.3) is 10.4 Å². The number of rotatable bonds is 6. The van der Waals surface area contributed by atoms with E-state index in [1.807, 2.05) is 35.2 Å². The Morgan fingerprint density at radius 1 is 1.00 bits per heavy atom. The summed E-state index contributed by atoms with van der Waals surface area (Å²) in [6.45, 7) is 3.98. The Morgan fingerprint density at radius 3 is 2.45 bits per heavy atom. The first-order chi connectivity index (χ1) is 15.1. The number of nitrogens with zero attached hydrogens (tertiary/aromatic N) is 3. The van der Waals surface area contributed by atoms with Crippen molar-refractivity contribution in [2.45, 2.75) is 19.4 Å². The van der Waals surface area contributed by atoms with E-state index >= 15 is 0 Å². The van der Waals surface area contributed by atoms with Crippen LogP contribution in [0.5, 0.6) is 0 Å². The zero-order valence-electron chi connectivity index (χ0n) is 17.3. The highest BCUT2D eigenvalue weighted by Crippen LogP contribution is 2.30.